The minimum Gasteiger partial charge on any atom is -0.487 e. The van der Waals surface area contributed by atoms with Gasteiger partial charge < -0.3 is 10.5 Å². The average Bonchev–Trinajstić information content (AvgIpc) is 2.41. The Labute approximate surface area is 120 Å². The van der Waals surface area contributed by atoms with Gasteiger partial charge >= 0.3 is 0 Å². The zero-order valence-electron chi connectivity index (χ0n) is 11.5. The molecule has 19 heavy (non-hydrogen) atoms. The van der Waals surface area contributed by atoms with Crippen LogP contribution < -0.4 is 10.5 Å². The summed E-state index contributed by atoms with van der Waals surface area (Å²) >= 11 is 6.05. The second kappa shape index (κ2) is 4.99. The molecular weight excluding hydrogens is 258 g/mol. The fourth-order valence-corrected chi connectivity index (χ4v) is 3.79. The van der Waals surface area contributed by atoms with E-state index in [1.807, 2.05) is 18.2 Å². The number of hydrogen-bond donors (Lipinski definition) is 1. The third-order valence-electron chi connectivity index (χ3n) is 4.88. The monoisotopic (exact) mass is 279 g/mol. The highest BCUT2D eigenvalue weighted by Gasteiger charge is 2.42. The van der Waals surface area contributed by atoms with Gasteiger partial charge in [-0.2, -0.15) is 0 Å². The summed E-state index contributed by atoms with van der Waals surface area (Å²) < 4.78 is 6.34. The SMILES string of the molecule is CCC1CCC2(CC1)C[C@@H](N)c1cc(Cl)ccc1O2. The van der Waals surface area contributed by atoms with Crippen molar-refractivity contribution >= 4 is 11.6 Å². The van der Waals surface area contributed by atoms with Gasteiger partial charge in [-0.3, -0.25) is 0 Å². The molecule has 0 aromatic heterocycles. The Balaban J connectivity index is 1.83. The van der Waals surface area contributed by atoms with Crippen molar-refractivity contribution in [3.8, 4) is 5.75 Å². The number of nitrogens with two attached hydrogens (primary N) is 1. The van der Waals surface area contributed by atoms with Gasteiger partial charge in [-0.1, -0.05) is 24.9 Å². The van der Waals surface area contributed by atoms with Gasteiger partial charge in [0, 0.05) is 23.0 Å². The molecule has 2 nitrogen and oxygen atoms in total. The van der Waals surface area contributed by atoms with E-state index in [2.05, 4.69) is 6.92 Å². The number of halogens is 1. The molecule has 1 aromatic rings. The van der Waals surface area contributed by atoms with Gasteiger partial charge in [-0.25, -0.2) is 0 Å². The van der Waals surface area contributed by atoms with Gasteiger partial charge in [0.2, 0.25) is 0 Å². The molecule has 1 fully saturated rings. The lowest BCUT2D eigenvalue weighted by Gasteiger charge is -2.45. The summed E-state index contributed by atoms with van der Waals surface area (Å²) in [4.78, 5) is 0. The van der Waals surface area contributed by atoms with Crippen LogP contribution in [0.5, 0.6) is 5.75 Å². The summed E-state index contributed by atoms with van der Waals surface area (Å²) in [5.41, 5.74) is 7.39. The van der Waals surface area contributed by atoms with Gasteiger partial charge in [0.15, 0.2) is 0 Å². The second-order valence-electron chi connectivity index (χ2n) is 6.13. The first-order valence-corrected chi connectivity index (χ1v) is 7.74. The summed E-state index contributed by atoms with van der Waals surface area (Å²) in [5, 5.41) is 0.739. The number of hydrogen-bond acceptors (Lipinski definition) is 2. The average molecular weight is 280 g/mol. The molecule has 1 aliphatic heterocycles. The van der Waals surface area contributed by atoms with Crippen molar-refractivity contribution < 1.29 is 4.74 Å². The zero-order valence-corrected chi connectivity index (χ0v) is 12.2. The van der Waals surface area contributed by atoms with E-state index in [1.54, 1.807) is 0 Å². The lowest BCUT2D eigenvalue weighted by molar-refractivity contribution is -0.0109. The Morgan fingerprint density at radius 1 is 1.37 bits per heavy atom. The molecule has 1 saturated carbocycles. The molecule has 0 radical (unpaired) electrons. The first-order chi connectivity index (χ1) is 9.12. The summed E-state index contributed by atoms with van der Waals surface area (Å²) in [6, 6.07) is 5.88. The highest BCUT2D eigenvalue weighted by atomic mass is 35.5. The van der Waals surface area contributed by atoms with E-state index in [9.17, 15) is 0 Å². The van der Waals surface area contributed by atoms with E-state index in [-0.39, 0.29) is 11.6 Å². The van der Waals surface area contributed by atoms with Crippen molar-refractivity contribution in [2.24, 2.45) is 11.7 Å². The topological polar surface area (TPSA) is 35.2 Å². The van der Waals surface area contributed by atoms with Crippen molar-refractivity contribution in [1.82, 2.24) is 0 Å². The molecule has 3 rings (SSSR count). The van der Waals surface area contributed by atoms with Crippen LogP contribution in [-0.2, 0) is 0 Å². The molecule has 1 atom stereocenters. The molecule has 3 heteroatoms. The van der Waals surface area contributed by atoms with Crippen molar-refractivity contribution in [3.63, 3.8) is 0 Å². The standard InChI is InChI=1S/C16H22ClNO/c1-2-11-5-7-16(8-6-11)10-14(18)13-9-12(17)3-4-15(13)19-16/h3-4,9,11,14H,2,5-8,10,18H2,1H3/t11?,14-,16?/m1/s1. The number of benzene rings is 1. The number of fused-ring (bicyclic) bond motifs is 1. The molecule has 104 valence electrons. The first kappa shape index (κ1) is 13.3. The fraction of sp³-hybridized carbons (Fsp3) is 0.625. The fourth-order valence-electron chi connectivity index (χ4n) is 3.61. The molecular formula is C16H22ClNO. The minimum atomic E-state index is -0.0219. The first-order valence-electron chi connectivity index (χ1n) is 7.36. The summed E-state index contributed by atoms with van der Waals surface area (Å²) in [6.07, 6.45) is 7.03. The van der Waals surface area contributed by atoms with Gasteiger partial charge in [-0.05, 0) is 49.8 Å². The number of rotatable bonds is 1. The lowest BCUT2D eigenvalue weighted by Crippen LogP contribution is -2.45. The predicted molar refractivity (Wildman–Crippen MR) is 78.6 cm³/mol. The summed E-state index contributed by atoms with van der Waals surface area (Å²) in [5.74, 6) is 1.81. The highest BCUT2D eigenvalue weighted by molar-refractivity contribution is 6.30. The maximum absolute atomic E-state index is 6.35. The van der Waals surface area contributed by atoms with Crippen LogP contribution in [0.4, 0.5) is 0 Å². The maximum atomic E-state index is 6.35. The molecule has 1 spiro atoms. The van der Waals surface area contributed by atoms with Crippen LogP contribution in [0.2, 0.25) is 5.02 Å². The number of ether oxygens (including phenoxy) is 1. The van der Waals surface area contributed by atoms with Crippen LogP contribution in [0, 0.1) is 5.92 Å². The van der Waals surface area contributed by atoms with Crippen LogP contribution in [0.15, 0.2) is 18.2 Å². The van der Waals surface area contributed by atoms with E-state index in [1.165, 1.54) is 19.3 Å². The maximum Gasteiger partial charge on any atom is 0.125 e. The quantitative estimate of drug-likeness (QED) is 0.824. The van der Waals surface area contributed by atoms with Crippen LogP contribution in [0.25, 0.3) is 0 Å². The third kappa shape index (κ3) is 2.48. The summed E-state index contributed by atoms with van der Waals surface area (Å²) in [7, 11) is 0. The Hall–Kier alpha value is -0.730. The molecule has 0 saturated heterocycles. The predicted octanol–water partition coefficient (Wildman–Crippen LogP) is 4.46. The molecule has 0 unspecified atom stereocenters. The van der Waals surface area contributed by atoms with Gasteiger partial charge in [-0.15, -0.1) is 0 Å². The molecule has 0 amide bonds. The molecule has 2 N–H and O–H groups in total. The van der Waals surface area contributed by atoms with Crippen LogP contribution in [0.1, 0.15) is 57.1 Å². The summed E-state index contributed by atoms with van der Waals surface area (Å²) in [6.45, 7) is 2.29. The highest BCUT2D eigenvalue weighted by Crippen LogP contribution is 2.47. The molecule has 0 bridgehead atoms. The minimum absolute atomic E-state index is 0.0219. The van der Waals surface area contributed by atoms with Crippen LogP contribution in [0.3, 0.4) is 0 Å². The van der Waals surface area contributed by atoms with Crippen molar-refractivity contribution in [2.75, 3.05) is 0 Å². The molecule has 1 aromatic carbocycles. The lowest BCUT2D eigenvalue weighted by atomic mass is 9.73. The van der Waals surface area contributed by atoms with Crippen molar-refractivity contribution in [1.29, 1.82) is 0 Å². The van der Waals surface area contributed by atoms with E-state index in [0.29, 0.717) is 0 Å². The van der Waals surface area contributed by atoms with Gasteiger partial charge in [0.1, 0.15) is 11.4 Å². The largest absolute Gasteiger partial charge is 0.487 e. The van der Waals surface area contributed by atoms with E-state index < -0.39 is 0 Å². The molecule has 1 heterocycles. The van der Waals surface area contributed by atoms with Crippen LogP contribution >= 0.6 is 11.6 Å². The van der Waals surface area contributed by atoms with Crippen molar-refractivity contribution in [3.05, 3.63) is 28.8 Å². The Kier molecular flexibility index (Phi) is 3.48. The van der Waals surface area contributed by atoms with E-state index >= 15 is 0 Å². The van der Waals surface area contributed by atoms with Gasteiger partial charge in [0.05, 0.1) is 0 Å². The smallest absolute Gasteiger partial charge is 0.125 e. The van der Waals surface area contributed by atoms with E-state index in [4.69, 9.17) is 22.1 Å². The van der Waals surface area contributed by atoms with Gasteiger partial charge in [0.25, 0.3) is 0 Å². The third-order valence-corrected chi connectivity index (χ3v) is 5.12. The Morgan fingerprint density at radius 3 is 2.79 bits per heavy atom. The van der Waals surface area contributed by atoms with Crippen LogP contribution in [-0.4, -0.2) is 5.60 Å². The molecule has 1 aliphatic carbocycles. The zero-order chi connectivity index (χ0) is 13.5. The Bertz CT molecular complexity index is 466. The Morgan fingerprint density at radius 2 is 2.11 bits per heavy atom. The van der Waals surface area contributed by atoms with E-state index in [0.717, 1.165) is 41.5 Å². The van der Waals surface area contributed by atoms with Crippen molar-refractivity contribution in [2.45, 2.75) is 57.1 Å². The molecule has 2 aliphatic rings. The second-order valence-corrected chi connectivity index (χ2v) is 6.57. The normalized spacial score (nSPS) is 33.8.